The van der Waals surface area contributed by atoms with Gasteiger partial charge >= 0.3 is 0 Å². The second kappa shape index (κ2) is 5.96. The molecule has 7 heteroatoms. The van der Waals surface area contributed by atoms with Crippen LogP contribution >= 0.6 is 33.9 Å². The molecular weight excluding hydrogens is 418 g/mol. The minimum Gasteiger partial charge on any atom is -0.365 e. The van der Waals surface area contributed by atoms with Gasteiger partial charge in [0.25, 0.3) is 5.91 Å². The highest BCUT2D eigenvalue weighted by molar-refractivity contribution is 14.1. The second-order valence-electron chi connectivity index (χ2n) is 5.00. The van der Waals surface area contributed by atoms with Gasteiger partial charge < -0.3 is 11.1 Å². The maximum absolute atomic E-state index is 14.0. The largest absolute Gasteiger partial charge is 0.365 e. The number of carbonyl (C=O) groups excluding carboxylic acids is 2. The quantitative estimate of drug-likeness (QED) is 0.727. The van der Waals surface area contributed by atoms with Crippen molar-refractivity contribution in [3.8, 4) is 0 Å². The number of benzene rings is 1. The summed E-state index contributed by atoms with van der Waals surface area (Å²) in [6.45, 7) is 0. The molecule has 22 heavy (non-hydrogen) atoms. The van der Waals surface area contributed by atoms with Crippen molar-refractivity contribution >= 4 is 56.3 Å². The van der Waals surface area contributed by atoms with E-state index in [0.717, 1.165) is 3.57 Å². The molecule has 0 radical (unpaired) electrons. The number of ketones is 1. The number of hydrogen-bond donors (Lipinski definition) is 2. The van der Waals surface area contributed by atoms with Crippen LogP contribution in [-0.2, 0) is 6.42 Å². The number of anilines is 2. The number of rotatable bonds is 3. The van der Waals surface area contributed by atoms with Crippen molar-refractivity contribution < 1.29 is 14.0 Å². The maximum Gasteiger partial charge on any atom is 0.252 e. The number of primary amides is 1. The molecule has 3 rings (SSSR count). The lowest BCUT2D eigenvalue weighted by Crippen LogP contribution is -2.17. The van der Waals surface area contributed by atoms with E-state index in [1.807, 2.05) is 22.6 Å². The van der Waals surface area contributed by atoms with Crippen molar-refractivity contribution in [2.45, 2.75) is 19.3 Å². The molecule has 2 aromatic rings. The van der Waals surface area contributed by atoms with Crippen molar-refractivity contribution in [1.82, 2.24) is 0 Å². The molecule has 114 valence electrons. The highest BCUT2D eigenvalue weighted by Crippen LogP contribution is 2.39. The first-order valence-corrected chi connectivity index (χ1v) is 8.57. The first kappa shape index (κ1) is 15.4. The molecule has 0 spiro atoms. The summed E-state index contributed by atoms with van der Waals surface area (Å²) in [6.07, 6.45) is 1.83. The van der Waals surface area contributed by atoms with Gasteiger partial charge in [0.1, 0.15) is 10.8 Å². The van der Waals surface area contributed by atoms with Gasteiger partial charge in [0.05, 0.1) is 16.1 Å². The van der Waals surface area contributed by atoms with Crippen LogP contribution in [0.4, 0.5) is 15.1 Å². The van der Waals surface area contributed by atoms with Crippen LogP contribution in [0.15, 0.2) is 18.2 Å². The van der Waals surface area contributed by atoms with Crippen molar-refractivity contribution in [2.75, 3.05) is 5.32 Å². The zero-order valence-electron chi connectivity index (χ0n) is 11.4. The number of hydrogen-bond acceptors (Lipinski definition) is 4. The summed E-state index contributed by atoms with van der Waals surface area (Å²) in [5, 5.41) is 3.35. The number of fused-ring (bicyclic) bond motifs is 1. The zero-order valence-corrected chi connectivity index (χ0v) is 14.4. The van der Waals surface area contributed by atoms with E-state index in [1.54, 1.807) is 12.1 Å². The number of halogens is 2. The number of thiophene rings is 1. The van der Waals surface area contributed by atoms with Crippen molar-refractivity contribution in [3.63, 3.8) is 0 Å². The first-order chi connectivity index (χ1) is 10.5. The van der Waals surface area contributed by atoms with E-state index < -0.39 is 11.7 Å². The SMILES string of the molecule is NC(=O)c1c(Nc2ccc(I)cc2F)sc2c1CCCC2=O. The Morgan fingerprint density at radius 3 is 2.82 bits per heavy atom. The van der Waals surface area contributed by atoms with Crippen LogP contribution in [0.3, 0.4) is 0 Å². The van der Waals surface area contributed by atoms with Gasteiger partial charge in [-0.05, 0) is 59.2 Å². The Hall–Kier alpha value is -1.48. The summed E-state index contributed by atoms with van der Waals surface area (Å²) in [5.74, 6) is -0.995. The predicted octanol–water partition coefficient (Wildman–Crippen LogP) is 3.85. The molecule has 1 aromatic heterocycles. The van der Waals surface area contributed by atoms with Crippen LogP contribution in [0.1, 0.15) is 38.4 Å². The third-order valence-electron chi connectivity index (χ3n) is 3.52. The summed E-state index contributed by atoms with van der Waals surface area (Å²) in [7, 11) is 0. The molecule has 1 aromatic carbocycles. The number of amides is 1. The van der Waals surface area contributed by atoms with E-state index >= 15 is 0 Å². The van der Waals surface area contributed by atoms with Crippen LogP contribution in [0.5, 0.6) is 0 Å². The van der Waals surface area contributed by atoms with Crippen LogP contribution in [0.25, 0.3) is 0 Å². The second-order valence-corrected chi connectivity index (χ2v) is 7.27. The van der Waals surface area contributed by atoms with Crippen LogP contribution < -0.4 is 11.1 Å². The fraction of sp³-hybridized carbons (Fsp3) is 0.200. The molecule has 0 atom stereocenters. The Bertz CT molecular complexity index is 788. The minimum atomic E-state index is -0.597. The van der Waals surface area contributed by atoms with E-state index in [-0.39, 0.29) is 11.5 Å². The fourth-order valence-corrected chi connectivity index (χ4v) is 4.22. The summed E-state index contributed by atoms with van der Waals surface area (Å²) in [6, 6.07) is 4.75. The standard InChI is InChI=1S/C15H12FIN2O2S/c16-9-6-7(17)4-5-10(9)19-15-12(14(18)21)8-2-1-3-11(20)13(8)22-15/h4-6,19H,1-3H2,(H2,18,21). The number of Topliss-reactive ketones (excluding diaryl/α,β-unsaturated/α-hetero) is 1. The molecule has 4 nitrogen and oxygen atoms in total. The summed E-state index contributed by atoms with van der Waals surface area (Å²) in [5.41, 5.74) is 6.73. The van der Waals surface area contributed by atoms with Gasteiger partial charge in [0.2, 0.25) is 0 Å². The highest BCUT2D eigenvalue weighted by Gasteiger charge is 2.28. The van der Waals surface area contributed by atoms with Gasteiger partial charge in [-0.2, -0.15) is 0 Å². The van der Waals surface area contributed by atoms with E-state index in [1.165, 1.54) is 17.4 Å². The van der Waals surface area contributed by atoms with Crippen LogP contribution in [0, 0.1) is 9.39 Å². The van der Waals surface area contributed by atoms with Gasteiger partial charge in [-0.1, -0.05) is 0 Å². The van der Waals surface area contributed by atoms with E-state index in [4.69, 9.17) is 5.73 Å². The van der Waals surface area contributed by atoms with Crippen molar-refractivity contribution in [3.05, 3.63) is 43.6 Å². The monoisotopic (exact) mass is 430 g/mol. The molecule has 1 aliphatic carbocycles. The molecule has 0 aliphatic heterocycles. The van der Waals surface area contributed by atoms with Crippen LogP contribution in [-0.4, -0.2) is 11.7 Å². The molecule has 0 saturated heterocycles. The molecular formula is C15H12FIN2O2S. The maximum atomic E-state index is 14.0. The Morgan fingerprint density at radius 1 is 1.36 bits per heavy atom. The Kier molecular flexibility index (Phi) is 4.18. The number of carbonyl (C=O) groups is 2. The summed E-state index contributed by atoms with van der Waals surface area (Å²) >= 11 is 3.19. The summed E-state index contributed by atoms with van der Waals surface area (Å²) in [4.78, 5) is 24.3. The molecule has 0 fully saturated rings. The van der Waals surface area contributed by atoms with Gasteiger partial charge in [-0.15, -0.1) is 11.3 Å². The Morgan fingerprint density at radius 2 is 2.14 bits per heavy atom. The smallest absolute Gasteiger partial charge is 0.252 e. The van der Waals surface area contributed by atoms with Crippen molar-refractivity contribution in [1.29, 1.82) is 0 Å². The fourth-order valence-electron chi connectivity index (χ4n) is 2.53. The molecule has 1 heterocycles. The lowest BCUT2D eigenvalue weighted by atomic mass is 9.94. The van der Waals surface area contributed by atoms with Crippen LogP contribution in [0.2, 0.25) is 0 Å². The lowest BCUT2D eigenvalue weighted by molar-refractivity contribution is 0.0977. The van der Waals surface area contributed by atoms with E-state index in [2.05, 4.69) is 5.32 Å². The summed E-state index contributed by atoms with van der Waals surface area (Å²) < 4.78 is 14.8. The normalized spacial score (nSPS) is 13.8. The number of nitrogens with one attached hydrogen (secondary N) is 1. The van der Waals surface area contributed by atoms with Gasteiger partial charge in [-0.25, -0.2) is 4.39 Å². The average Bonchev–Trinajstić information content (AvgIpc) is 2.82. The number of nitrogens with two attached hydrogens (primary N) is 1. The molecule has 0 bridgehead atoms. The molecule has 0 saturated carbocycles. The molecule has 3 N–H and O–H groups in total. The zero-order chi connectivity index (χ0) is 15.9. The molecule has 0 unspecified atom stereocenters. The van der Waals surface area contributed by atoms with Crippen molar-refractivity contribution in [2.24, 2.45) is 5.73 Å². The molecule has 1 amide bonds. The third kappa shape index (κ3) is 2.74. The van der Waals surface area contributed by atoms with Gasteiger partial charge in [0, 0.05) is 9.99 Å². The Labute approximate surface area is 144 Å². The highest BCUT2D eigenvalue weighted by atomic mass is 127. The average molecular weight is 430 g/mol. The first-order valence-electron chi connectivity index (χ1n) is 6.68. The minimum absolute atomic E-state index is 0.0184. The topological polar surface area (TPSA) is 72.2 Å². The van der Waals surface area contributed by atoms with Gasteiger partial charge in [0.15, 0.2) is 5.78 Å². The van der Waals surface area contributed by atoms with E-state index in [9.17, 15) is 14.0 Å². The molecule has 1 aliphatic rings. The Balaban J connectivity index is 2.07. The predicted molar refractivity (Wildman–Crippen MR) is 92.5 cm³/mol. The third-order valence-corrected chi connectivity index (χ3v) is 5.38. The lowest BCUT2D eigenvalue weighted by Gasteiger charge is -2.10. The van der Waals surface area contributed by atoms with E-state index in [0.29, 0.717) is 40.3 Å². The van der Waals surface area contributed by atoms with Gasteiger partial charge in [-0.3, -0.25) is 9.59 Å².